The standard InChI is InChI=1S/C24H28Cl3N7O2/c1-12-11-36-7-6-18(12)30-23-29-10-19-22(33-23)34(15-4-2-13(3-5-15)21(28)35)24(31-19)32-20-16(26)8-14(25)9-17(20)27/h8-10,12-13,15,18H,2-7,11H2,1H3,(H2,28,35)(H,31,32)(H,29,30,33)/t12-,13-,15-,18+/m1/s1. The average Bonchev–Trinajstić information content (AvgIpc) is 3.20. The number of amides is 1. The first kappa shape index (κ1) is 25.3. The van der Waals surface area contributed by atoms with Crippen LogP contribution < -0.4 is 16.4 Å². The number of nitrogens with one attached hydrogen (secondary N) is 2. The van der Waals surface area contributed by atoms with Gasteiger partial charge in [0.1, 0.15) is 5.52 Å². The van der Waals surface area contributed by atoms with Gasteiger partial charge in [0.05, 0.1) is 28.5 Å². The summed E-state index contributed by atoms with van der Waals surface area (Å²) in [7, 11) is 0. The van der Waals surface area contributed by atoms with Crippen molar-refractivity contribution in [3.05, 3.63) is 33.4 Å². The van der Waals surface area contributed by atoms with Crippen molar-refractivity contribution in [1.29, 1.82) is 0 Å². The second-order valence-electron chi connectivity index (χ2n) is 9.58. The Balaban J connectivity index is 1.53. The number of primary amides is 1. The molecule has 2 aromatic heterocycles. The lowest BCUT2D eigenvalue weighted by Crippen LogP contribution is -2.36. The third-order valence-corrected chi connectivity index (χ3v) is 7.91. The van der Waals surface area contributed by atoms with E-state index in [0.29, 0.717) is 75.8 Å². The second-order valence-corrected chi connectivity index (χ2v) is 10.8. The number of nitrogens with zero attached hydrogens (tertiary/aromatic N) is 4. The maximum atomic E-state index is 11.7. The van der Waals surface area contributed by atoms with Gasteiger partial charge in [0.25, 0.3) is 0 Å². The van der Waals surface area contributed by atoms with Crippen LogP contribution in [0.5, 0.6) is 0 Å². The number of ether oxygens (including phenoxy) is 1. The zero-order valence-corrected chi connectivity index (χ0v) is 22.1. The summed E-state index contributed by atoms with van der Waals surface area (Å²) in [5.41, 5.74) is 7.41. The summed E-state index contributed by atoms with van der Waals surface area (Å²) in [6.07, 6.45) is 5.55. The van der Waals surface area contributed by atoms with E-state index in [9.17, 15) is 4.79 Å². The molecule has 9 nitrogen and oxygen atoms in total. The van der Waals surface area contributed by atoms with Crippen molar-refractivity contribution in [3.63, 3.8) is 0 Å². The van der Waals surface area contributed by atoms with Crippen LogP contribution in [0.15, 0.2) is 18.3 Å². The van der Waals surface area contributed by atoms with Gasteiger partial charge in [-0.3, -0.25) is 9.36 Å². The zero-order valence-electron chi connectivity index (χ0n) is 19.8. The highest BCUT2D eigenvalue weighted by molar-refractivity contribution is 6.41. The van der Waals surface area contributed by atoms with Gasteiger partial charge in [-0.15, -0.1) is 0 Å². The van der Waals surface area contributed by atoms with Crippen molar-refractivity contribution in [2.24, 2.45) is 17.6 Å². The first-order valence-electron chi connectivity index (χ1n) is 12.1. The monoisotopic (exact) mass is 551 g/mol. The van der Waals surface area contributed by atoms with Crippen LogP contribution in [0.1, 0.15) is 45.1 Å². The van der Waals surface area contributed by atoms with Gasteiger partial charge in [0, 0.05) is 29.6 Å². The number of fused-ring (bicyclic) bond motifs is 1. The summed E-state index contributed by atoms with van der Waals surface area (Å²) in [5, 5.41) is 7.98. The van der Waals surface area contributed by atoms with Gasteiger partial charge in [-0.05, 0) is 50.2 Å². The number of carbonyl (C=O) groups excluding carboxylic acids is 1. The molecule has 3 heterocycles. The molecule has 1 aromatic carbocycles. The molecule has 1 saturated heterocycles. The summed E-state index contributed by atoms with van der Waals surface area (Å²) >= 11 is 19.0. The molecule has 4 N–H and O–H groups in total. The van der Waals surface area contributed by atoms with Gasteiger partial charge in [0.15, 0.2) is 5.65 Å². The number of hydrogen-bond acceptors (Lipinski definition) is 7. The molecule has 2 aliphatic rings. The SMILES string of the molecule is C[C@@H]1COCC[C@@H]1Nc1ncc2nc(Nc3c(Cl)cc(Cl)cc3Cl)n([C@H]3CC[C@H](C(N)=O)CC3)c2n1. The molecule has 2 fully saturated rings. The third kappa shape index (κ3) is 5.20. The molecule has 0 unspecified atom stereocenters. The Morgan fingerprint density at radius 3 is 2.50 bits per heavy atom. The summed E-state index contributed by atoms with van der Waals surface area (Å²) in [6, 6.07) is 3.53. The van der Waals surface area contributed by atoms with Crippen molar-refractivity contribution in [1.82, 2.24) is 19.5 Å². The highest BCUT2D eigenvalue weighted by Crippen LogP contribution is 2.40. The second kappa shape index (κ2) is 10.6. The predicted octanol–water partition coefficient (Wildman–Crippen LogP) is 5.58. The summed E-state index contributed by atoms with van der Waals surface area (Å²) in [5.74, 6) is 1.07. The Labute approximate surface area is 224 Å². The van der Waals surface area contributed by atoms with E-state index in [1.165, 1.54) is 0 Å². The minimum absolute atomic E-state index is 0.0581. The molecular weight excluding hydrogens is 525 g/mol. The van der Waals surface area contributed by atoms with Crippen LogP contribution in [-0.2, 0) is 9.53 Å². The molecule has 0 spiro atoms. The smallest absolute Gasteiger partial charge is 0.224 e. The van der Waals surface area contributed by atoms with E-state index in [-0.39, 0.29) is 23.9 Å². The number of anilines is 3. The van der Waals surface area contributed by atoms with Crippen molar-refractivity contribution >= 4 is 69.5 Å². The predicted molar refractivity (Wildman–Crippen MR) is 142 cm³/mol. The van der Waals surface area contributed by atoms with E-state index < -0.39 is 0 Å². The Bertz CT molecular complexity index is 1250. The minimum Gasteiger partial charge on any atom is -0.381 e. The molecule has 2 atom stereocenters. The highest BCUT2D eigenvalue weighted by Gasteiger charge is 2.30. The van der Waals surface area contributed by atoms with Crippen molar-refractivity contribution in [2.75, 3.05) is 23.8 Å². The Morgan fingerprint density at radius 1 is 1.11 bits per heavy atom. The molecule has 3 aromatic rings. The number of nitrogens with two attached hydrogens (primary N) is 1. The Morgan fingerprint density at radius 2 is 1.83 bits per heavy atom. The lowest BCUT2D eigenvalue weighted by Gasteiger charge is -2.30. The van der Waals surface area contributed by atoms with Gasteiger partial charge >= 0.3 is 0 Å². The van der Waals surface area contributed by atoms with E-state index in [1.807, 2.05) is 0 Å². The number of rotatable bonds is 6. The largest absolute Gasteiger partial charge is 0.381 e. The average molecular weight is 553 g/mol. The number of benzene rings is 1. The van der Waals surface area contributed by atoms with Gasteiger partial charge in [-0.2, -0.15) is 4.98 Å². The molecule has 0 bridgehead atoms. The number of carbonyl (C=O) groups is 1. The number of imidazole rings is 1. The third-order valence-electron chi connectivity index (χ3n) is 7.10. The molecule has 192 valence electrons. The maximum Gasteiger partial charge on any atom is 0.224 e. The van der Waals surface area contributed by atoms with Crippen LogP contribution in [0.25, 0.3) is 11.2 Å². The van der Waals surface area contributed by atoms with Crippen LogP contribution in [-0.4, -0.2) is 44.7 Å². The van der Waals surface area contributed by atoms with E-state index >= 15 is 0 Å². The van der Waals surface area contributed by atoms with Crippen LogP contribution in [0.3, 0.4) is 0 Å². The van der Waals surface area contributed by atoms with Crippen LogP contribution in [0.4, 0.5) is 17.6 Å². The molecular formula is C24H28Cl3N7O2. The lowest BCUT2D eigenvalue weighted by atomic mass is 9.85. The minimum atomic E-state index is -0.249. The lowest BCUT2D eigenvalue weighted by molar-refractivity contribution is -0.122. The fourth-order valence-electron chi connectivity index (χ4n) is 5.05. The summed E-state index contributed by atoms with van der Waals surface area (Å²) < 4.78 is 7.63. The van der Waals surface area contributed by atoms with Crippen molar-refractivity contribution < 1.29 is 9.53 Å². The van der Waals surface area contributed by atoms with Crippen LogP contribution in [0, 0.1) is 11.8 Å². The molecule has 1 amide bonds. The molecule has 0 radical (unpaired) electrons. The fourth-order valence-corrected chi connectivity index (χ4v) is 5.96. The van der Waals surface area contributed by atoms with Gasteiger partial charge in [-0.25, -0.2) is 9.97 Å². The molecule has 1 aliphatic carbocycles. The number of aromatic nitrogens is 4. The first-order chi connectivity index (χ1) is 17.3. The van der Waals surface area contributed by atoms with E-state index in [4.69, 9.17) is 55.2 Å². The maximum absolute atomic E-state index is 11.7. The van der Waals surface area contributed by atoms with Crippen molar-refractivity contribution in [2.45, 2.75) is 51.1 Å². The van der Waals surface area contributed by atoms with Crippen LogP contribution in [0.2, 0.25) is 15.1 Å². The molecule has 1 saturated carbocycles. The van der Waals surface area contributed by atoms with Gasteiger partial charge in [-0.1, -0.05) is 41.7 Å². The quantitative estimate of drug-likeness (QED) is 0.365. The summed E-state index contributed by atoms with van der Waals surface area (Å²) in [4.78, 5) is 25.9. The summed E-state index contributed by atoms with van der Waals surface area (Å²) in [6.45, 7) is 3.57. The molecule has 1 aliphatic heterocycles. The molecule has 36 heavy (non-hydrogen) atoms. The molecule has 5 rings (SSSR count). The number of hydrogen-bond donors (Lipinski definition) is 3. The topological polar surface area (TPSA) is 120 Å². The first-order valence-corrected chi connectivity index (χ1v) is 13.2. The Kier molecular flexibility index (Phi) is 7.44. The van der Waals surface area contributed by atoms with E-state index in [1.54, 1.807) is 18.3 Å². The van der Waals surface area contributed by atoms with Crippen molar-refractivity contribution in [3.8, 4) is 0 Å². The molecule has 12 heteroatoms. The Hall–Kier alpha value is -2.33. The highest BCUT2D eigenvalue weighted by atomic mass is 35.5. The van der Waals surface area contributed by atoms with E-state index in [0.717, 1.165) is 19.3 Å². The number of halogens is 3. The van der Waals surface area contributed by atoms with E-state index in [2.05, 4.69) is 27.1 Å². The fraction of sp³-hybridized carbons (Fsp3) is 0.500. The normalized spacial score (nSPS) is 24.6. The zero-order chi connectivity index (χ0) is 25.4. The van der Waals surface area contributed by atoms with Gasteiger partial charge < -0.3 is 21.1 Å². The van der Waals surface area contributed by atoms with Crippen LogP contribution >= 0.6 is 34.8 Å². The van der Waals surface area contributed by atoms with Gasteiger partial charge in [0.2, 0.25) is 17.8 Å².